The first-order valence-electron chi connectivity index (χ1n) is 8.66. The Bertz CT molecular complexity index is 408. The number of halogens is 2. The van der Waals surface area contributed by atoms with E-state index in [9.17, 15) is 4.39 Å². The summed E-state index contributed by atoms with van der Waals surface area (Å²) in [5.74, 6) is 2.60. The molecule has 2 fully saturated rings. The zero-order chi connectivity index (χ0) is 15.7. The lowest BCUT2D eigenvalue weighted by molar-refractivity contribution is 0.120. The number of hydrogen-bond acceptors (Lipinski definition) is 3. The van der Waals surface area contributed by atoms with Gasteiger partial charge >= 0.3 is 0 Å². The standard InChI is InChI=1S/C17H28ClFN2S/c1-10-16(20)13-4-2-3-5-14(13)17(21-10)22-9-11-6-7-12(19)8-15(11)18/h6-7,10-17,21H,2-5,8-9,20H2,1H3/t10?,11?,12?,13?,14?,15?,16-,17?/m0/s1. The number of piperidine rings is 1. The summed E-state index contributed by atoms with van der Waals surface area (Å²) in [4.78, 5) is 0. The number of rotatable bonds is 3. The van der Waals surface area contributed by atoms with Gasteiger partial charge in [-0.3, -0.25) is 0 Å². The van der Waals surface area contributed by atoms with Gasteiger partial charge in [-0.15, -0.1) is 23.4 Å². The lowest BCUT2D eigenvalue weighted by Crippen LogP contribution is -2.61. The maximum Gasteiger partial charge on any atom is 0.120 e. The minimum Gasteiger partial charge on any atom is -0.326 e. The van der Waals surface area contributed by atoms with Gasteiger partial charge in [0.1, 0.15) is 6.17 Å². The smallest absolute Gasteiger partial charge is 0.120 e. The maximum absolute atomic E-state index is 13.3. The highest BCUT2D eigenvalue weighted by molar-refractivity contribution is 7.99. The van der Waals surface area contributed by atoms with Gasteiger partial charge < -0.3 is 11.1 Å². The third-order valence-electron chi connectivity index (χ3n) is 5.71. The minimum atomic E-state index is -0.864. The Balaban J connectivity index is 1.60. The van der Waals surface area contributed by atoms with Crippen LogP contribution in [0.5, 0.6) is 0 Å². The lowest BCUT2D eigenvalue weighted by Gasteiger charge is -2.48. The van der Waals surface area contributed by atoms with E-state index in [-0.39, 0.29) is 17.3 Å². The van der Waals surface area contributed by atoms with E-state index in [1.54, 1.807) is 6.08 Å². The van der Waals surface area contributed by atoms with E-state index in [1.165, 1.54) is 25.7 Å². The molecule has 1 heterocycles. The van der Waals surface area contributed by atoms with E-state index < -0.39 is 6.17 Å². The number of nitrogens with two attached hydrogens (primary N) is 1. The monoisotopic (exact) mass is 346 g/mol. The molecule has 3 aliphatic rings. The van der Waals surface area contributed by atoms with Gasteiger partial charge in [-0.05, 0) is 38.0 Å². The fraction of sp³-hybridized carbons (Fsp3) is 0.882. The fourth-order valence-electron chi connectivity index (χ4n) is 4.31. The van der Waals surface area contributed by atoms with E-state index in [0.717, 1.165) is 5.75 Å². The zero-order valence-electron chi connectivity index (χ0n) is 13.3. The Labute approximate surface area is 142 Å². The molecule has 0 radical (unpaired) electrons. The molecule has 1 saturated heterocycles. The van der Waals surface area contributed by atoms with Crippen molar-refractivity contribution in [2.24, 2.45) is 23.5 Å². The summed E-state index contributed by atoms with van der Waals surface area (Å²) in [7, 11) is 0. The predicted octanol–water partition coefficient (Wildman–Crippen LogP) is 3.69. The highest BCUT2D eigenvalue weighted by Crippen LogP contribution is 2.42. The van der Waals surface area contributed by atoms with Crippen LogP contribution < -0.4 is 11.1 Å². The Hall–Kier alpha value is 0.230. The van der Waals surface area contributed by atoms with Crippen LogP contribution in [0.4, 0.5) is 4.39 Å². The molecule has 2 aliphatic carbocycles. The average Bonchev–Trinajstić information content (AvgIpc) is 2.51. The zero-order valence-corrected chi connectivity index (χ0v) is 14.8. The van der Waals surface area contributed by atoms with Crippen molar-refractivity contribution in [3.8, 4) is 0 Å². The van der Waals surface area contributed by atoms with Crippen molar-refractivity contribution in [3.63, 3.8) is 0 Å². The van der Waals surface area contributed by atoms with Crippen molar-refractivity contribution in [2.75, 3.05) is 5.75 Å². The van der Waals surface area contributed by atoms with Crippen LogP contribution in [-0.4, -0.2) is 34.8 Å². The third kappa shape index (κ3) is 3.66. The number of hydrogen-bond donors (Lipinski definition) is 2. The molecule has 0 spiro atoms. The summed E-state index contributed by atoms with van der Waals surface area (Å²) < 4.78 is 13.3. The number of alkyl halides is 2. The van der Waals surface area contributed by atoms with Gasteiger partial charge in [-0.25, -0.2) is 4.39 Å². The quantitative estimate of drug-likeness (QED) is 0.604. The molecule has 1 aliphatic heterocycles. The van der Waals surface area contributed by atoms with Crippen molar-refractivity contribution in [2.45, 2.75) is 68.0 Å². The molecule has 3 N–H and O–H groups in total. The molecule has 0 aromatic heterocycles. The van der Waals surface area contributed by atoms with E-state index >= 15 is 0 Å². The molecular formula is C17H28ClFN2S. The summed E-state index contributed by atoms with van der Waals surface area (Å²) in [6.45, 7) is 2.21. The fourth-order valence-corrected chi connectivity index (χ4v) is 6.42. The second-order valence-electron chi connectivity index (χ2n) is 7.22. The van der Waals surface area contributed by atoms with Crippen LogP contribution in [0.1, 0.15) is 39.0 Å². The highest BCUT2D eigenvalue weighted by atomic mass is 35.5. The molecule has 126 valence electrons. The number of thioether (sulfide) groups is 1. The van der Waals surface area contributed by atoms with Gasteiger partial charge in [0.25, 0.3) is 0 Å². The first-order chi connectivity index (χ1) is 10.6. The topological polar surface area (TPSA) is 38.0 Å². The predicted molar refractivity (Wildman–Crippen MR) is 94.1 cm³/mol. The van der Waals surface area contributed by atoms with Crippen molar-refractivity contribution in [1.82, 2.24) is 5.32 Å². The van der Waals surface area contributed by atoms with Gasteiger partial charge in [0.15, 0.2) is 0 Å². The second kappa shape index (κ2) is 7.42. The maximum atomic E-state index is 13.3. The summed E-state index contributed by atoms with van der Waals surface area (Å²) in [6.07, 6.45) is 8.47. The SMILES string of the molecule is CC1NC(SCC2C=CC(F)CC2Cl)C2CCCCC2[C@H]1N. The summed E-state index contributed by atoms with van der Waals surface area (Å²) in [5.41, 5.74) is 6.43. The molecular weight excluding hydrogens is 319 g/mol. The summed E-state index contributed by atoms with van der Waals surface area (Å²) >= 11 is 8.31. The Morgan fingerprint density at radius 3 is 2.73 bits per heavy atom. The van der Waals surface area contributed by atoms with Crippen molar-refractivity contribution >= 4 is 23.4 Å². The van der Waals surface area contributed by atoms with Crippen LogP contribution >= 0.6 is 23.4 Å². The van der Waals surface area contributed by atoms with Crippen molar-refractivity contribution in [3.05, 3.63) is 12.2 Å². The number of allylic oxidation sites excluding steroid dienone is 2. The summed E-state index contributed by atoms with van der Waals surface area (Å²) in [5, 5.41) is 4.13. The van der Waals surface area contributed by atoms with Gasteiger partial charge in [0.2, 0.25) is 0 Å². The van der Waals surface area contributed by atoms with Crippen LogP contribution in [0.2, 0.25) is 0 Å². The van der Waals surface area contributed by atoms with E-state index in [0.29, 0.717) is 29.7 Å². The van der Waals surface area contributed by atoms with E-state index in [1.807, 2.05) is 17.8 Å². The normalized spacial score (nSPS) is 48.9. The molecule has 1 saturated carbocycles. The van der Waals surface area contributed by atoms with Crippen molar-refractivity contribution < 1.29 is 4.39 Å². The molecule has 3 rings (SSSR count). The van der Waals surface area contributed by atoms with Gasteiger partial charge in [0, 0.05) is 29.1 Å². The minimum absolute atomic E-state index is 0.0714. The molecule has 7 unspecified atom stereocenters. The Morgan fingerprint density at radius 1 is 1.27 bits per heavy atom. The third-order valence-corrected chi connectivity index (χ3v) is 7.64. The van der Waals surface area contributed by atoms with Crippen LogP contribution in [0.3, 0.4) is 0 Å². The summed E-state index contributed by atoms with van der Waals surface area (Å²) in [6, 6.07) is 0.658. The van der Waals surface area contributed by atoms with Crippen LogP contribution in [0, 0.1) is 17.8 Å². The Kier molecular flexibility index (Phi) is 5.75. The van der Waals surface area contributed by atoms with Crippen molar-refractivity contribution in [1.29, 1.82) is 0 Å². The van der Waals surface area contributed by atoms with Crippen LogP contribution in [-0.2, 0) is 0 Å². The first kappa shape index (κ1) is 17.1. The van der Waals surface area contributed by atoms with Gasteiger partial charge in [0.05, 0.1) is 5.37 Å². The molecule has 0 amide bonds. The number of fused-ring (bicyclic) bond motifs is 1. The Morgan fingerprint density at radius 2 is 2.00 bits per heavy atom. The van der Waals surface area contributed by atoms with E-state index in [2.05, 4.69) is 12.2 Å². The average molecular weight is 347 g/mol. The molecule has 0 bridgehead atoms. The first-order valence-corrected chi connectivity index (χ1v) is 10.1. The largest absolute Gasteiger partial charge is 0.326 e. The molecule has 22 heavy (non-hydrogen) atoms. The molecule has 5 heteroatoms. The van der Waals surface area contributed by atoms with Gasteiger partial charge in [-0.1, -0.05) is 25.0 Å². The molecule has 2 nitrogen and oxygen atoms in total. The molecule has 0 aromatic carbocycles. The molecule has 8 atom stereocenters. The van der Waals surface area contributed by atoms with Crippen LogP contribution in [0.15, 0.2) is 12.2 Å². The molecule has 0 aromatic rings. The number of nitrogens with one attached hydrogen (secondary N) is 1. The second-order valence-corrected chi connectivity index (χ2v) is 8.95. The van der Waals surface area contributed by atoms with Gasteiger partial charge in [-0.2, -0.15) is 0 Å². The van der Waals surface area contributed by atoms with Crippen LogP contribution in [0.25, 0.3) is 0 Å². The highest BCUT2D eigenvalue weighted by Gasteiger charge is 2.42. The lowest BCUT2D eigenvalue weighted by atomic mass is 9.71. The van der Waals surface area contributed by atoms with E-state index in [4.69, 9.17) is 17.3 Å².